The maximum absolute atomic E-state index is 12.6. The second-order valence-electron chi connectivity index (χ2n) is 7.73. The Kier molecular flexibility index (Phi) is 6.66. The van der Waals surface area contributed by atoms with Gasteiger partial charge in [-0.25, -0.2) is 14.6 Å². The predicted octanol–water partition coefficient (Wildman–Crippen LogP) is 2.20. The summed E-state index contributed by atoms with van der Waals surface area (Å²) in [6, 6.07) is 6.98. The molecule has 1 fully saturated rings. The van der Waals surface area contributed by atoms with Gasteiger partial charge in [0.15, 0.2) is 5.66 Å². The first kappa shape index (κ1) is 24.2. The number of aliphatic imine (C=N–C) groups is 1. The summed E-state index contributed by atoms with van der Waals surface area (Å²) in [5.74, 6) is -0.897. The SMILES string of the molecule is C=C1N[C@H]2[C@H](CC(=O)OC(=O)c3ccccc3)N=C(NC(=O)OCC(Cl)(Cl)Cl)N3CC=CC23N1. The monoisotopic (exact) mass is 527 g/mol. The van der Waals surface area contributed by atoms with E-state index in [1.165, 1.54) is 0 Å². The molecule has 4 rings (SSSR count). The summed E-state index contributed by atoms with van der Waals surface area (Å²) >= 11 is 16.9. The van der Waals surface area contributed by atoms with Crippen LogP contribution in [0.25, 0.3) is 0 Å². The molecule has 1 amide bonds. The Morgan fingerprint density at radius 2 is 2.00 bits per heavy atom. The number of nitrogens with zero attached hydrogens (tertiary/aromatic N) is 2. The lowest BCUT2D eigenvalue weighted by atomic mass is 9.91. The van der Waals surface area contributed by atoms with Gasteiger partial charge in [-0.05, 0) is 18.2 Å². The number of amides is 1. The van der Waals surface area contributed by atoms with Gasteiger partial charge in [0.05, 0.1) is 29.9 Å². The molecule has 0 radical (unpaired) electrons. The van der Waals surface area contributed by atoms with Gasteiger partial charge in [0, 0.05) is 6.54 Å². The van der Waals surface area contributed by atoms with Crippen molar-refractivity contribution in [2.24, 2.45) is 4.99 Å². The highest BCUT2D eigenvalue weighted by atomic mass is 35.6. The summed E-state index contributed by atoms with van der Waals surface area (Å²) in [7, 11) is 0. The molecule has 34 heavy (non-hydrogen) atoms. The maximum Gasteiger partial charge on any atom is 0.414 e. The topological polar surface area (TPSA) is 121 Å². The van der Waals surface area contributed by atoms with E-state index in [1.54, 1.807) is 35.2 Å². The molecule has 3 N–H and O–H groups in total. The molecule has 10 nitrogen and oxygen atoms in total. The molecule has 3 aliphatic rings. The number of carbonyl (C=O) groups is 3. The first-order valence-electron chi connectivity index (χ1n) is 10.1. The van der Waals surface area contributed by atoms with Crippen LogP contribution in [-0.2, 0) is 14.3 Å². The zero-order valence-electron chi connectivity index (χ0n) is 17.6. The van der Waals surface area contributed by atoms with Crippen molar-refractivity contribution in [1.82, 2.24) is 20.9 Å². The van der Waals surface area contributed by atoms with Crippen LogP contribution in [0.3, 0.4) is 0 Å². The molecule has 0 aromatic heterocycles. The first-order valence-corrected chi connectivity index (χ1v) is 11.3. The van der Waals surface area contributed by atoms with Crippen LogP contribution in [0.15, 0.2) is 59.9 Å². The molecule has 1 saturated heterocycles. The van der Waals surface area contributed by atoms with E-state index < -0.39 is 46.2 Å². The Morgan fingerprint density at radius 3 is 2.71 bits per heavy atom. The van der Waals surface area contributed by atoms with Crippen LogP contribution in [0.5, 0.6) is 0 Å². The van der Waals surface area contributed by atoms with E-state index in [0.717, 1.165) is 0 Å². The number of carbonyl (C=O) groups excluding carboxylic acids is 3. The fraction of sp³-hybridized carbons (Fsp3) is 0.333. The van der Waals surface area contributed by atoms with Crippen LogP contribution >= 0.6 is 34.8 Å². The molecule has 0 aliphatic carbocycles. The normalized spacial score (nSPS) is 24.9. The van der Waals surface area contributed by atoms with Gasteiger partial charge in [-0.15, -0.1) is 0 Å². The molecule has 3 heterocycles. The van der Waals surface area contributed by atoms with Crippen molar-refractivity contribution in [2.75, 3.05) is 13.2 Å². The number of esters is 2. The van der Waals surface area contributed by atoms with Crippen LogP contribution in [0.2, 0.25) is 0 Å². The summed E-state index contributed by atoms with van der Waals surface area (Å²) in [6.45, 7) is 3.85. The number of guanidine groups is 1. The molecule has 0 bridgehead atoms. The van der Waals surface area contributed by atoms with Gasteiger partial charge in [-0.3, -0.25) is 10.1 Å². The van der Waals surface area contributed by atoms with E-state index in [9.17, 15) is 14.4 Å². The lowest BCUT2D eigenvalue weighted by Gasteiger charge is -2.45. The summed E-state index contributed by atoms with van der Waals surface area (Å²) in [4.78, 5) is 43.5. The van der Waals surface area contributed by atoms with Crippen LogP contribution in [0, 0.1) is 0 Å². The molecule has 1 aromatic rings. The van der Waals surface area contributed by atoms with Crippen molar-refractivity contribution in [3.05, 3.63) is 60.4 Å². The molecule has 1 spiro atoms. The molecule has 1 aromatic carbocycles. The summed E-state index contributed by atoms with van der Waals surface area (Å²) < 4.78 is 8.17. The lowest BCUT2D eigenvalue weighted by molar-refractivity contribution is -0.138. The molecule has 3 aliphatic heterocycles. The number of ether oxygens (including phenoxy) is 2. The fourth-order valence-corrected chi connectivity index (χ4v) is 4.22. The Balaban J connectivity index is 1.53. The lowest BCUT2D eigenvalue weighted by Crippen LogP contribution is -2.69. The van der Waals surface area contributed by atoms with Gasteiger partial charge in [0.25, 0.3) is 0 Å². The summed E-state index contributed by atoms with van der Waals surface area (Å²) in [6.07, 6.45) is 2.63. The highest BCUT2D eigenvalue weighted by Crippen LogP contribution is 2.36. The van der Waals surface area contributed by atoms with Gasteiger partial charge in [-0.1, -0.05) is 65.7 Å². The average molecular weight is 529 g/mol. The van der Waals surface area contributed by atoms with Gasteiger partial charge in [0.1, 0.15) is 6.61 Å². The van der Waals surface area contributed by atoms with Crippen molar-refractivity contribution < 1.29 is 23.9 Å². The number of alkyl carbamates (subject to hydrolysis) is 1. The number of benzene rings is 1. The first-order chi connectivity index (χ1) is 16.1. The molecule has 0 saturated carbocycles. The van der Waals surface area contributed by atoms with E-state index in [4.69, 9.17) is 44.3 Å². The average Bonchev–Trinajstić information content (AvgIpc) is 3.34. The van der Waals surface area contributed by atoms with Crippen molar-refractivity contribution in [3.63, 3.8) is 0 Å². The number of halogens is 3. The van der Waals surface area contributed by atoms with Crippen LogP contribution in [-0.4, -0.2) is 63.6 Å². The maximum atomic E-state index is 12.6. The number of rotatable bonds is 4. The van der Waals surface area contributed by atoms with Gasteiger partial charge < -0.3 is 25.0 Å². The minimum Gasteiger partial charge on any atom is -0.445 e. The number of hydrogen-bond donors (Lipinski definition) is 3. The van der Waals surface area contributed by atoms with Crippen molar-refractivity contribution in [3.8, 4) is 0 Å². The van der Waals surface area contributed by atoms with Crippen LogP contribution < -0.4 is 16.0 Å². The van der Waals surface area contributed by atoms with Crippen LogP contribution in [0.4, 0.5) is 4.79 Å². The largest absolute Gasteiger partial charge is 0.445 e. The van der Waals surface area contributed by atoms with Gasteiger partial charge in [-0.2, -0.15) is 0 Å². The minimum atomic E-state index is -1.78. The van der Waals surface area contributed by atoms with E-state index in [2.05, 4.69) is 27.5 Å². The third kappa shape index (κ3) is 5.08. The molecule has 180 valence electrons. The van der Waals surface area contributed by atoms with Crippen LogP contribution in [0.1, 0.15) is 16.8 Å². The third-order valence-corrected chi connectivity index (χ3v) is 5.69. The predicted molar refractivity (Wildman–Crippen MR) is 125 cm³/mol. The Hall–Kier alpha value is -2.95. The minimum absolute atomic E-state index is 0.131. The van der Waals surface area contributed by atoms with E-state index in [-0.39, 0.29) is 17.9 Å². The number of nitrogens with one attached hydrogen (secondary N) is 3. The van der Waals surface area contributed by atoms with Crippen molar-refractivity contribution in [1.29, 1.82) is 0 Å². The van der Waals surface area contributed by atoms with E-state index in [0.29, 0.717) is 12.4 Å². The second-order valence-corrected chi connectivity index (χ2v) is 10.2. The highest BCUT2D eigenvalue weighted by molar-refractivity contribution is 6.67. The Bertz CT molecular complexity index is 1070. The fourth-order valence-electron chi connectivity index (χ4n) is 4.05. The highest BCUT2D eigenvalue weighted by Gasteiger charge is 2.56. The second kappa shape index (κ2) is 9.36. The van der Waals surface area contributed by atoms with E-state index >= 15 is 0 Å². The number of alkyl halides is 3. The zero-order chi connectivity index (χ0) is 24.5. The quantitative estimate of drug-likeness (QED) is 0.235. The van der Waals surface area contributed by atoms with Crippen molar-refractivity contribution >= 4 is 58.8 Å². The Labute approximate surface area is 209 Å². The molecular formula is C21H20Cl3N5O5. The summed E-state index contributed by atoms with van der Waals surface area (Å²) in [5, 5.41) is 8.96. The molecule has 3 atom stereocenters. The smallest absolute Gasteiger partial charge is 0.414 e. The Morgan fingerprint density at radius 1 is 1.26 bits per heavy atom. The molecule has 13 heteroatoms. The van der Waals surface area contributed by atoms with Gasteiger partial charge >= 0.3 is 18.0 Å². The van der Waals surface area contributed by atoms with Crippen molar-refractivity contribution in [2.45, 2.75) is 28.0 Å². The molecular weight excluding hydrogens is 509 g/mol. The van der Waals surface area contributed by atoms with Gasteiger partial charge in [0.2, 0.25) is 9.75 Å². The van der Waals surface area contributed by atoms with E-state index in [1.807, 2.05) is 12.2 Å². The zero-order valence-corrected chi connectivity index (χ0v) is 19.9. The molecule has 1 unspecified atom stereocenters. The summed E-state index contributed by atoms with van der Waals surface area (Å²) in [5.41, 5.74) is -0.608. The number of hydrogen-bond acceptors (Lipinski definition) is 9. The standard InChI is InChI=1S/C21H20Cl3N5O5/c1-12-25-16-14(10-15(30)34-17(31)13-6-3-2-4-7-13)26-18(27-19(32)33-11-21(22,23)24)29-9-5-8-20(16,29)28-12/h2-8,14,16,25,28H,1,9-11H2,(H,26,27,32)/t14-,16-,20?/m0/s1. The third-order valence-electron chi connectivity index (χ3n) is 5.36.